The fourth-order valence-corrected chi connectivity index (χ4v) is 3.19. The van der Waals surface area contributed by atoms with E-state index >= 15 is 0 Å². The molecule has 0 bridgehead atoms. The molecule has 112 valence electrons. The lowest BCUT2D eigenvalue weighted by Crippen LogP contribution is -2.23. The van der Waals surface area contributed by atoms with Gasteiger partial charge < -0.3 is 5.32 Å². The monoisotopic (exact) mass is 281 g/mol. The van der Waals surface area contributed by atoms with E-state index in [4.69, 9.17) is 0 Å². The zero-order chi connectivity index (χ0) is 15.4. The molecule has 1 heteroatoms. The van der Waals surface area contributed by atoms with Gasteiger partial charge in [0.05, 0.1) is 0 Å². The standard InChI is InChI=1S/C20H27N/c1-6-21-20(19-11-16(4)8-17(5)12-19)13-18-9-14(2)7-15(3)10-18/h7-12,20-21H,6,13H2,1-5H3. The minimum Gasteiger partial charge on any atom is -0.310 e. The van der Waals surface area contributed by atoms with Crippen LogP contribution < -0.4 is 5.32 Å². The molecule has 1 nitrogen and oxygen atoms in total. The average molecular weight is 281 g/mol. The van der Waals surface area contributed by atoms with Crippen LogP contribution in [0, 0.1) is 27.7 Å². The molecule has 2 aromatic carbocycles. The highest BCUT2D eigenvalue weighted by molar-refractivity contribution is 5.34. The predicted octanol–water partition coefficient (Wildman–Crippen LogP) is 4.81. The minimum atomic E-state index is 0.384. The van der Waals surface area contributed by atoms with Gasteiger partial charge >= 0.3 is 0 Å². The Bertz CT molecular complexity index is 573. The molecule has 1 N–H and O–H groups in total. The molecule has 0 radical (unpaired) electrons. The molecule has 1 unspecified atom stereocenters. The van der Waals surface area contributed by atoms with E-state index < -0.39 is 0 Å². The van der Waals surface area contributed by atoms with Crippen molar-refractivity contribution in [3.63, 3.8) is 0 Å². The molecule has 0 heterocycles. The lowest BCUT2D eigenvalue weighted by atomic mass is 9.94. The summed E-state index contributed by atoms with van der Waals surface area (Å²) in [5.74, 6) is 0. The van der Waals surface area contributed by atoms with Crippen LogP contribution in [0.1, 0.15) is 46.3 Å². The van der Waals surface area contributed by atoms with Crippen molar-refractivity contribution in [1.82, 2.24) is 5.32 Å². The Morgan fingerprint density at radius 3 is 1.71 bits per heavy atom. The van der Waals surface area contributed by atoms with Gasteiger partial charge in [0.15, 0.2) is 0 Å². The maximum absolute atomic E-state index is 3.64. The summed E-state index contributed by atoms with van der Waals surface area (Å²) in [5, 5.41) is 3.64. The van der Waals surface area contributed by atoms with Gasteiger partial charge in [-0.1, -0.05) is 65.6 Å². The van der Waals surface area contributed by atoms with E-state index in [1.807, 2.05) is 0 Å². The Labute approximate surface area is 129 Å². The molecule has 0 aliphatic heterocycles. The largest absolute Gasteiger partial charge is 0.310 e. The van der Waals surface area contributed by atoms with Gasteiger partial charge in [0.2, 0.25) is 0 Å². The van der Waals surface area contributed by atoms with E-state index in [2.05, 4.69) is 76.3 Å². The highest BCUT2D eigenvalue weighted by Crippen LogP contribution is 2.22. The first-order valence-corrected chi connectivity index (χ1v) is 7.86. The fourth-order valence-electron chi connectivity index (χ4n) is 3.19. The van der Waals surface area contributed by atoms with Crippen LogP contribution >= 0.6 is 0 Å². The third kappa shape index (κ3) is 4.44. The van der Waals surface area contributed by atoms with Crippen molar-refractivity contribution >= 4 is 0 Å². The number of nitrogens with one attached hydrogen (secondary N) is 1. The third-order valence-corrected chi connectivity index (χ3v) is 3.82. The van der Waals surface area contributed by atoms with Gasteiger partial charge in [-0.2, -0.15) is 0 Å². The Balaban J connectivity index is 2.30. The number of aryl methyl sites for hydroxylation is 4. The fraction of sp³-hybridized carbons (Fsp3) is 0.400. The maximum atomic E-state index is 3.64. The number of hydrogen-bond acceptors (Lipinski definition) is 1. The van der Waals surface area contributed by atoms with Crippen LogP contribution in [0.2, 0.25) is 0 Å². The molecule has 0 fully saturated rings. The summed E-state index contributed by atoms with van der Waals surface area (Å²) in [6.45, 7) is 11.9. The Kier molecular flexibility index (Phi) is 5.19. The number of hydrogen-bond donors (Lipinski definition) is 1. The van der Waals surface area contributed by atoms with E-state index in [9.17, 15) is 0 Å². The minimum absolute atomic E-state index is 0.384. The van der Waals surface area contributed by atoms with Crippen molar-refractivity contribution in [2.24, 2.45) is 0 Å². The van der Waals surface area contributed by atoms with Crippen molar-refractivity contribution in [3.05, 3.63) is 69.8 Å². The van der Waals surface area contributed by atoms with Crippen molar-refractivity contribution in [1.29, 1.82) is 0 Å². The van der Waals surface area contributed by atoms with Gasteiger partial charge in [-0.05, 0) is 51.8 Å². The smallest absolute Gasteiger partial charge is 0.0360 e. The summed E-state index contributed by atoms with van der Waals surface area (Å²) in [6.07, 6.45) is 1.04. The van der Waals surface area contributed by atoms with Crippen LogP contribution in [0.3, 0.4) is 0 Å². The molecule has 0 saturated heterocycles. The van der Waals surface area contributed by atoms with Crippen molar-refractivity contribution in [2.75, 3.05) is 6.54 Å². The molecule has 0 saturated carbocycles. The summed E-state index contributed by atoms with van der Waals surface area (Å²) < 4.78 is 0. The highest BCUT2D eigenvalue weighted by atomic mass is 14.9. The molecular formula is C20H27N. The molecule has 1 atom stereocenters. The van der Waals surface area contributed by atoms with Gasteiger partial charge in [-0.15, -0.1) is 0 Å². The SMILES string of the molecule is CCNC(Cc1cc(C)cc(C)c1)c1cc(C)cc(C)c1. The average Bonchev–Trinajstić information content (AvgIpc) is 2.35. The lowest BCUT2D eigenvalue weighted by Gasteiger charge is -2.20. The van der Waals surface area contributed by atoms with Gasteiger partial charge in [0, 0.05) is 6.04 Å². The zero-order valence-corrected chi connectivity index (χ0v) is 14.0. The second-order valence-electron chi connectivity index (χ2n) is 6.23. The molecule has 21 heavy (non-hydrogen) atoms. The molecule has 0 amide bonds. The van der Waals surface area contributed by atoms with Crippen LogP contribution in [0.5, 0.6) is 0 Å². The third-order valence-electron chi connectivity index (χ3n) is 3.82. The van der Waals surface area contributed by atoms with E-state index in [0.29, 0.717) is 6.04 Å². The predicted molar refractivity (Wildman–Crippen MR) is 92.0 cm³/mol. The molecule has 0 spiro atoms. The molecule has 0 aromatic heterocycles. The Hall–Kier alpha value is -1.60. The van der Waals surface area contributed by atoms with E-state index in [-0.39, 0.29) is 0 Å². The van der Waals surface area contributed by atoms with Gasteiger partial charge in [-0.3, -0.25) is 0 Å². The van der Waals surface area contributed by atoms with Crippen LogP contribution in [-0.4, -0.2) is 6.54 Å². The summed E-state index contributed by atoms with van der Waals surface area (Å²) in [7, 11) is 0. The first kappa shape index (κ1) is 15.8. The summed E-state index contributed by atoms with van der Waals surface area (Å²) in [5.41, 5.74) is 8.19. The second kappa shape index (κ2) is 6.91. The topological polar surface area (TPSA) is 12.0 Å². The van der Waals surface area contributed by atoms with Crippen molar-refractivity contribution in [3.8, 4) is 0 Å². The Morgan fingerprint density at radius 1 is 0.762 bits per heavy atom. The van der Waals surface area contributed by atoms with E-state index in [0.717, 1.165) is 13.0 Å². The van der Waals surface area contributed by atoms with Crippen LogP contribution in [0.15, 0.2) is 36.4 Å². The number of benzene rings is 2. The normalized spacial score (nSPS) is 12.4. The maximum Gasteiger partial charge on any atom is 0.0360 e. The molecule has 0 aliphatic carbocycles. The van der Waals surface area contributed by atoms with E-state index in [1.165, 1.54) is 33.4 Å². The first-order valence-electron chi connectivity index (χ1n) is 7.86. The second-order valence-corrected chi connectivity index (χ2v) is 6.23. The molecular weight excluding hydrogens is 254 g/mol. The van der Waals surface area contributed by atoms with Crippen LogP contribution in [0.4, 0.5) is 0 Å². The van der Waals surface area contributed by atoms with Gasteiger partial charge in [0.25, 0.3) is 0 Å². The summed E-state index contributed by atoms with van der Waals surface area (Å²) in [4.78, 5) is 0. The highest BCUT2D eigenvalue weighted by Gasteiger charge is 2.12. The lowest BCUT2D eigenvalue weighted by molar-refractivity contribution is 0.549. The molecule has 2 rings (SSSR count). The van der Waals surface area contributed by atoms with Gasteiger partial charge in [0.1, 0.15) is 0 Å². The van der Waals surface area contributed by atoms with E-state index in [1.54, 1.807) is 0 Å². The van der Waals surface area contributed by atoms with Gasteiger partial charge in [-0.25, -0.2) is 0 Å². The Morgan fingerprint density at radius 2 is 1.24 bits per heavy atom. The zero-order valence-electron chi connectivity index (χ0n) is 14.0. The first-order chi connectivity index (χ1) is 9.97. The molecule has 0 aliphatic rings. The summed E-state index contributed by atoms with van der Waals surface area (Å²) in [6, 6.07) is 14.1. The molecule has 2 aromatic rings. The van der Waals surface area contributed by atoms with Crippen LogP contribution in [0.25, 0.3) is 0 Å². The number of rotatable bonds is 5. The quantitative estimate of drug-likeness (QED) is 0.829. The van der Waals surface area contributed by atoms with Crippen molar-refractivity contribution < 1.29 is 0 Å². The van der Waals surface area contributed by atoms with Crippen LogP contribution in [-0.2, 0) is 6.42 Å². The number of likely N-dealkylation sites (N-methyl/N-ethyl adjacent to an activating group) is 1. The summed E-state index contributed by atoms with van der Waals surface area (Å²) >= 11 is 0. The van der Waals surface area contributed by atoms with Crippen molar-refractivity contribution in [2.45, 2.75) is 47.1 Å².